The third-order valence-corrected chi connectivity index (χ3v) is 4.50. The van der Waals surface area contributed by atoms with E-state index >= 15 is 0 Å². The molecule has 4 nitrogen and oxygen atoms in total. The molecule has 1 heterocycles. The van der Waals surface area contributed by atoms with E-state index in [1.807, 2.05) is 0 Å². The Labute approximate surface area is 124 Å². The molecule has 1 amide bonds. The molecular weight excluding hydrogens is 274 g/mol. The summed E-state index contributed by atoms with van der Waals surface area (Å²) in [6, 6.07) is 5.81. The second-order valence-electron chi connectivity index (χ2n) is 5.83. The van der Waals surface area contributed by atoms with Gasteiger partial charge in [0.05, 0.1) is 10.6 Å². The van der Waals surface area contributed by atoms with E-state index in [1.54, 1.807) is 18.2 Å². The first kappa shape index (κ1) is 13.7. The van der Waals surface area contributed by atoms with Crippen LogP contribution in [0, 0.1) is 5.92 Å². The number of carbonyl (C=O) groups excluding carboxylic acids is 1. The predicted molar refractivity (Wildman–Crippen MR) is 80.9 cm³/mol. The first-order valence-corrected chi connectivity index (χ1v) is 7.58. The van der Waals surface area contributed by atoms with Crippen LogP contribution in [0.4, 0.5) is 5.69 Å². The van der Waals surface area contributed by atoms with Gasteiger partial charge in [0, 0.05) is 24.8 Å². The number of amides is 1. The quantitative estimate of drug-likeness (QED) is 0.836. The maximum Gasteiger partial charge on any atom is 0.252 e. The Morgan fingerprint density at radius 1 is 1.40 bits per heavy atom. The molecule has 2 fully saturated rings. The van der Waals surface area contributed by atoms with E-state index in [9.17, 15) is 4.79 Å². The lowest BCUT2D eigenvalue weighted by Crippen LogP contribution is -2.31. The summed E-state index contributed by atoms with van der Waals surface area (Å²) >= 11 is 6.03. The molecule has 3 rings (SSSR count). The van der Waals surface area contributed by atoms with Crippen molar-refractivity contribution in [2.45, 2.75) is 25.3 Å². The lowest BCUT2D eigenvalue weighted by atomic mass is 10.1. The fraction of sp³-hybridized carbons (Fsp3) is 0.533. The molecule has 108 valence electrons. The first-order chi connectivity index (χ1) is 9.63. The summed E-state index contributed by atoms with van der Waals surface area (Å²) in [5.74, 6) is 0.423. The second kappa shape index (κ2) is 5.62. The monoisotopic (exact) mass is 293 g/mol. The van der Waals surface area contributed by atoms with Gasteiger partial charge in [0.25, 0.3) is 5.91 Å². The van der Waals surface area contributed by atoms with E-state index < -0.39 is 0 Å². The smallest absolute Gasteiger partial charge is 0.252 e. The minimum Gasteiger partial charge on any atom is -0.399 e. The zero-order valence-electron chi connectivity index (χ0n) is 11.4. The number of rotatable bonds is 4. The Morgan fingerprint density at radius 3 is 2.95 bits per heavy atom. The van der Waals surface area contributed by atoms with E-state index in [0.29, 0.717) is 28.7 Å². The molecule has 0 spiro atoms. The second-order valence-corrected chi connectivity index (χ2v) is 6.24. The number of nitrogens with two attached hydrogens (primary N) is 1. The van der Waals surface area contributed by atoms with Gasteiger partial charge in [-0.05, 0) is 49.9 Å². The predicted octanol–water partition coefficient (Wildman–Crippen LogP) is 2.14. The molecular formula is C15H20ClN3O. The minimum absolute atomic E-state index is 0.132. The molecule has 0 bridgehead atoms. The molecule has 1 aliphatic carbocycles. The number of halogens is 1. The van der Waals surface area contributed by atoms with Gasteiger partial charge >= 0.3 is 0 Å². The summed E-state index contributed by atoms with van der Waals surface area (Å²) in [6.45, 7) is 2.99. The van der Waals surface area contributed by atoms with Crippen LogP contribution in [0.2, 0.25) is 5.02 Å². The molecule has 1 saturated heterocycles. The molecule has 5 heteroatoms. The van der Waals surface area contributed by atoms with E-state index in [-0.39, 0.29) is 5.91 Å². The first-order valence-electron chi connectivity index (χ1n) is 7.21. The van der Waals surface area contributed by atoms with Crippen LogP contribution in [0.15, 0.2) is 18.2 Å². The van der Waals surface area contributed by atoms with Gasteiger partial charge in [-0.25, -0.2) is 0 Å². The van der Waals surface area contributed by atoms with Crippen molar-refractivity contribution in [1.82, 2.24) is 10.2 Å². The molecule has 1 aromatic carbocycles. The number of hydrogen-bond donors (Lipinski definition) is 2. The van der Waals surface area contributed by atoms with E-state index in [0.717, 1.165) is 12.6 Å². The third kappa shape index (κ3) is 3.07. The normalized spacial score (nSPS) is 22.9. The van der Waals surface area contributed by atoms with Crippen molar-refractivity contribution in [3.63, 3.8) is 0 Å². The highest BCUT2D eigenvalue weighted by atomic mass is 35.5. The number of nitrogens with one attached hydrogen (secondary N) is 1. The Balaban J connectivity index is 1.53. The molecule has 0 radical (unpaired) electrons. The van der Waals surface area contributed by atoms with Crippen molar-refractivity contribution < 1.29 is 4.79 Å². The van der Waals surface area contributed by atoms with Crippen LogP contribution < -0.4 is 11.1 Å². The Morgan fingerprint density at radius 2 is 2.20 bits per heavy atom. The minimum atomic E-state index is -0.132. The zero-order chi connectivity index (χ0) is 14.1. The van der Waals surface area contributed by atoms with Crippen molar-refractivity contribution in [3.8, 4) is 0 Å². The van der Waals surface area contributed by atoms with E-state index in [4.69, 9.17) is 17.3 Å². The van der Waals surface area contributed by atoms with Crippen molar-refractivity contribution >= 4 is 23.2 Å². The van der Waals surface area contributed by atoms with Crippen LogP contribution in [0.1, 0.15) is 29.6 Å². The molecule has 20 heavy (non-hydrogen) atoms. The standard InChI is InChI=1S/C15H20ClN3O/c16-14-4-1-11(17)7-13(14)15(20)18-8-10-5-6-19(9-10)12-2-3-12/h1,4,7,10,12H,2-3,5-6,8-9,17H2,(H,18,20). The molecule has 2 aliphatic rings. The van der Waals surface area contributed by atoms with Gasteiger partial charge in [-0.3, -0.25) is 4.79 Å². The van der Waals surface area contributed by atoms with Crippen LogP contribution in [0.3, 0.4) is 0 Å². The molecule has 1 unspecified atom stereocenters. The Hall–Kier alpha value is -1.26. The third-order valence-electron chi connectivity index (χ3n) is 4.17. The number of nitrogen functional groups attached to an aromatic ring is 1. The molecule has 1 aliphatic heterocycles. The van der Waals surface area contributed by atoms with Gasteiger partial charge in [-0.15, -0.1) is 0 Å². The molecule has 1 aromatic rings. The topological polar surface area (TPSA) is 58.4 Å². The summed E-state index contributed by atoms with van der Waals surface area (Å²) in [4.78, 5) is 14.7. The van der Waals surface area contributed by atoms with Crippen molar-refractivity contribution in [1.29, 1.82) is 0 Å². The average Bonchev–Trinajstić information content (AvgIpc) is 3.18. The summed E-state index contributed by atoms with van der Waals surface area (Å²) in [5.41, 5.74) is 6.71. The van der Waals surface area contributed by atoms with Crippen LogP contribution in [0.5, 0.6) is 0 Å². The van der Waals surface area contributed by atoms with E-state index in [2.05, 4.69) is 10.2 Å². The average molecular weight is 294 g/mol. The number of likely N-dealkylation sites (tertiary alicyclic amines) is 1. The summed E-state index contributed by atoms with van der Waals surface area (Å²) in [6.07, 6.45) is 3.86. The fourth-order valence-corrected chi connectivity index (χ4v) is 3.05. The highest BCUT2D eigenvalue weighted by molar-refractivity contribution is 6.34. The van der Waals surface area contributed by atoms with Gasteiger partial charge in [0.1, 0.15) is 0 Å². The molecule has 1 atom stereocenters. The fourth-order valence-electron chi connectivity index (χ4n) is 2.85. The maximum atomic E-state index is 12.1. The number of anilines is 1. The number of hydrogen-bond acceptors (Lipinski definition) is 3. The molecule has 1 saturated carbocycles. The van der Waals surface area contributed by atoms with Crippen LogP contribution in [-0.4, -0.2) is 36.5 Å². The van der Waals surface area contributed by atoms with Crippen LogP contribution in [0.25, 0.3) is 0 Å². The van der Waals surface area contributed by atoms with Gasteiger partial charge in [-0.2, -0.15) is 0 Å². The summed E-state index contributed by atoms with van der Waals surface area (Å²) in [7, 11) is 0. The van der Waals surface area contributed by atoms with Crippen molar-refractivity contribution in [2.75, 3.05) is 25.4 Å². The lowest BCUT2D eigenvalue weighted by molar-refractivity contribution is 0.0947. The molecule has 3 N–H and O–H groups in total. The highest BCUT2D eigenvalue weighted by Crippen LogP contribution is 2.31. The lowest BCUT2D eigenvalue weighted by Gasteiger charge is -2.15. The van der Waals surface area contributed by atoms with Gasteiger partial charge in [-0.1, -0.05) is 11.6 Å². The molecule has 0 aromatic heterocycles. The Kier molecular flexibility index (Phi) is 3.85. The number of nitrogens with zero attached hydrogens (tertiary/aromatic N) is 1. The summed E-state index contributed by atoms with van der Waals surface area (Å²) < 4.78 is 0. The highest BCUT2D eigenvalue weighted by Gasteiger charge is 2.34. The van der Waals surface area contributed by atoms with Gasteiger partial charge in [0.15, 0.2) is 0 Å². The van der Waals surface area contributed by atoms with Crippen LogP contribution >= 0.6 is 11.6 Å². The van der Waals surface area contributed by atoms with Crippen LogP contribution in [-0.2, 0) is 0 Å². The zero-order valence-corrected chi connectivity index (χ0v) is 12.2. The SMILES string of the molecule is Nc1ccc(Cl)c(C(=O)NCC2CCN(C3CC3)C2)c1. The van der Waals surface area contributed by atoms with Gasteiger partial charge in [0.2, 0.25) is 0 Å². The summed E-state index contributed by atoms with van der Waals surface area (Å²) in [5, 5.41) is 3.43. The van der Waals surface area contributed by atoms with Crippen molar-refractivity contribution in [3.05, 3.63) is 28.8 Å². The maximum absolute atomic E-state index is 12.1. The van der Waals surface area contributed by atoms with E-state index in [1.165, 1.54) is 25.8 Å². The Bertz CT molecular complexity index is 516. The largest absolute Gasteiger partial charge is 0.399 e. The van der Waals surface area contributed by atoms with Crippen molar-refractivity contribution in [2.24, 2.45) is 5.92 Å². The van der Waals surface area contributed by atoms with Gasteiger partial charge < -0.3 is 16.0 Å². The number of carbonyl (C=O) groups is 1. The number of benzene rings is 1.